The summed E-state index contributed by atoms with van der Waals surface area (Å²) in [6, 6.07) is 16.3. The summed E-state index contributed by atoms with van der Waals surface area (Å²) in [5.74, 6) is -2.28. The molecular weight excluding hydrogens is 566 g/mol. The van der Waals surface area contributed by atoms with E-state index in [4.69, 9.17) is 58.0 Å². The predicted molar refractivity (Wildman–Crippen MR) is 146 cm³/mol. The monoisotopic (exact) mass is 580 g/mol. The third kappa shape index (κ3) is 5.36. The Morgan fingerprint density at radius 2 is 1.58 bits per heavy atom. The van der Waals surface area contributed by atoms with Gasteiger partial charge < -0.3 is 16.0 Å². The van der Waals surface area contributed by atoms with Crippen molar-refractivity contribution in [2.24, 2.45) is 5.92 Å². The molecule has 2 atom stereocenters. The number of anilines is 3. The number of hydrogen-bond acceptors (Lipinski definition) is 4. The summed E-state index contributed by atoms with van der Waals surface area (Å²) in [6.45, 7) is 0. The van der Waals surface area contributed by atoms with Crippen LogP contribution in [0.2, 0.25) is 15.1 Å². The van der Waals surface area contributed by atoms with Crippen LogP contribution in [0.4, 0.5) is 17.1 Å². The fourth-order valence-electron chi connectivity index (χ4n) is 3.91. The SMILES string of the molecule is CNc1ccc(NC(=O)c2cc(NC(=O)[C@H]3[C@H](c4cc(Cl)cc(Cl)c4)C3(Cl)Cl)ccc2Cl)c(C#N)c1. The van der Waals surface area contributed by atoms with E-state index in [2.05, 4.69) is 16.0 Å². The van der Waals surface area contributed by atoms with Crippen LogP contribution in [0.15, 0.2) is 54.6 Å². The van der Waals surface area contributed by atoms with E-state index in [9.17, 15) is 14.9 Å². The topological polar surface area (TPSA) is 94.0 Å². The molecule has 0 saturated heterocycles. The Hall–Kier alpha value is -2.66. The minimum absolute atomic E-state index is 0.105. The van der Waals surface area contributed by atoms with Crippen LogP contribution in [-0.2, 0) is 4.79 Å². The van der Waals surface area contributed by atoms with Crippen molar-refractivity contribution < 1.29 is 9.59 Å². The van der Waals surface area contributed by atoms with Crippen LogP contribution in [0.5, 0.6) is 0 Å². The van der Waals surface area contributed by atoms with E-state index in [1.165, 1.54) is 12.1 Å². The highest BCUT2D eigenvalue weighted by Gasteiger charge is 2.67. The minimum atomic E-state index is -1.35. The Morgan fingerprint density at radius 1 is 0.917 bits per heavy atom. The highest BCUT2D eigenvalue weighted by Crippen LogP contribution is 2.65. The van der Waals surface area contributed by atoms with Gasteiger partial charge in [0, 0.05) is 34.4 Å². The van der Waals surface area contributed by atoms with Crippen LogP contribution < -0.4 is 16.0 Å². The molecule has 0 spiro atoms. The number of hydrogen-bond donors (Lipinski definition) is 3. The average Bonchev–Trinajstić information content (AvgIpc) is 3.41. The van der Waals surface area contributed by atoms with Gasteiger partial charge in [0.2, 0.25) is 5.91 Å². The lowest BCUT2D eigenvalue weighted by Crippen LogP contribution is -2.18. The van der Waals surface area contributed by atoms with Gasteiger partial charge in [-0.1, -0.05) is 34.8 Å². The van der Waals surface area contributed by atoms with E-state index in [-0.39, 0.29) is 16.1 Å². The highest BCUT2D eigenvalue weighted by molar-refractivity contribution is 6.53. The number of benzene rings is 3. The van der Waals surface area contributed by atoms with E-state index >= 15 is 0 Å². The molecule has 3 N–H and O–H groups in total. The predicted octanol–water partition coefficient (Wildman–Crippen LogP) is 7.34. The number of halogens is 5. The number of alkyl halides is 2. The molecule has 184 valence electrons. The van der Waals surface area contributed by atoms with Crippen LogP contribution in [0.25, 0.3) is 0 Å². The smallest absolute Gasteiger partial charge is 0.257 e. The van der Waals surface area contributed by atoms with Crippen LogP contribution in [0.1, 0.15) is 27.4 Å². The molecule has 36 heavy (non-hydrogen) atoms. The van der Waals surface area contributed by atoms with Gasteiger partial charge in [0.05, 0.1) is 27.8 Å². The molecule has 1 fully saturated rings. The minimum Gasteiger partial charge on any atom is -0.388 e. The molecule has 0 heterocycles. The van der Waals surface area contributed by atoms with Crippen molar-refractivity contribution in [2.75, 3.05) is 23.0 Å². The van der Waals surface area contributed by atoms with E-state index in [1.54, 1.807) is 49.5 Å². The maximum absolute atomic E-state index is 13.0. The van der Waals surface area contributed by atoms with Crippen molar-refractivity contribution in [1.82, 2.24) is 0 Å². The summed E-state index contributed by atoms with van der Waals surface area (Å²) in [5.41, 5.74) is 2.39. The molecule has 1 aliphatic rings. The van der Waals surface area contributed by atoms with Gasteiger partial charge in [0.25, 0.3) is 5.91 Å². The molecule has 0 radical (unpaired) electrons. The second-order valence-corrected chi connectivity index (χ2v) is 10.8. The van der Waals surface area contributed by atoms with Gasteiger partial charge >= 0.3 is 0 Å². The number of nitriles is 1. The lowest BCUT2D eigenvalue weighted by atomic mass is 10.1. The Kier molecular flexibility index (Phi) is 7.61. The van der Waals surface area contributed by atoms with Crippen molar-refractivity contribution in [3.8, 4) is 6.07 Å². The Labute approximate surface area is 232 Å². The average molecular weight is 583 g/mol. The number of rotatable bonds is 6. The zero-order valence-corrected chi connectivity index (χ0v) is 22.3. The summed E-state index contributed by atoms with van der Waals surface area (Å²) in [6.07, 6.45) is 0. The van der Waals surface area contributed by atoms with Crippen LogP contribution >= 0.6 is 58.0 Å². The van der Waals surface area contributed by atoms with Gasteiger partial charge in [-0.25, -0.2) is 0 Å². The molecular formula is C25H17Cl5N4O2. The molecule has 11 heteroatoms. The summed E-state index contributed by atoms with van der Waals surface area (Å²) in [5, 5.41) is 18.7. The number of amides is 2. The van der Waals surface area contributed by atoms with E-state index in [0.29, 0.717) is 27.0 Å². The molecule has 0 aromatic heterocycles. The second kappa shape index (κ2) is 10.4. The molecule has 2 amide bonds. The summed E-state index contributed by atoms with van der Waals surface area (Å²) in [7, 11) is 1.72. The first kappa shape index (κ1) is 26.4. The van der Waals surface area contributed by atoms with Gasteiger partial charge in [-0.05, 0) is 60.2 Å². The van der Waals surface area contributed by atoms with Gasteiger partial charge in [0.1, 0.15) is 10.4 Å². The zero-order chi connectivity index (χ0) is 26.2. The van der Waals surface area contributed by atoms with Crippen LogP contribution in [0, 0.1) is 17.2 Å². The third-order valence-corrected chi connectivity index (χ3v) is 7.44. The highest BCUT2D eigenvalue weighted by atomic mass is 35.5. The molecule has 3 aromatic carbocycles. The molecule has 1 saturated carbocycles. The molecule has 4 rings (SSSR count). The molecule has 3 aromatic rings. The molecule has 0 unspecified atom stereocenters. The first-order valence-corrected chi connectivity index (χ1v) is 12.4. The largest absolute Gasteiger partial charge is 0.388 e. The number of carbonyl (C=O) groups is 2. The van der Waals surface area contributed by atoms with Crippen molar-refractivity contribution in [3.05, 3.63) is 86.4 Å². The van der Waals surface area contributed by atoms with E-state index in [0.717, 1.165) is 5.69 Å². The fraction of sp³-hybridized carbons (Fsp3) is 0.160. The third-order valence-electron chi connectivity index (χ3n) is 5.74. The lowest BCUT2D eigenvalue weighted by molar-refractivity contribution is -0.117. The Balaban J connectivity index is 1.52. The maximum atomic E-state index is 13.0. The maximum Gasteiger partial charge on any atom is 0.257 e. The molecule has 6 nitrogen and oxygen atoms in total. The standard InChI is InChI=1S/C25H17Cl5N4O2/c1-32-16-3-5-20(13(8-16)11-31)34-23(35)18-10-17(2-4-19(18)28)33-24(36)22-21(25(22,29)30)12-6-14(26)9-15(27)7-12/h2-10,21-22,32H,1H3,(H,33,36)(H,34,35)/t21-,22+/m0/s1. The van der Waals surface area contributed by atoms with Gasteiger partial charge in [-0.2, -0.15) is 5.26 Å². The molecule has 0 aliphatic heterocycles. The van der Waals surface area contributed by atoms with Gasteiger partial charge in [0.15, 0.2) is 0 Å². The number of carbonyl (C=O) groups excluding carboxylic acids is 2. The second-order valence-electron chi connectivity index (χ2n) is 8.09. The summed E-state index contributed by atoms with van der Waals surface area (Å²) in [4.78, 5) is 26.0. The van der Waals surface area contributed by atoms with Gasteiger partial charge in [-0.3, -0.25) is 9.59 Å². The quantitative estimate of drug-likeness (QED) is 0.265. The van der Waals surface area contributed by atoms with Crippen molar-refractivity contribution in [1.29, 1.82) is 5.26 Å². The first-order valence-electron chi connectivity index (χ1n) is 10.5. The summed E-state index contributed by atoms with van der Waals surface area (Å²) >= 11 is 31.3. The first-order chi connectivity index (χ1) is 17.0. The fourth-order valence-corrected chi connectivity index (χ4v) is 5.48. The van der Waals surface area contributed by atoms with E-state index in [1.807, 2.05) is 6.07 Å². The van der Waals surface area contributed by atoms with Crippen molar-refractivity contribution in [3.63, 3.8) is 0 Å². The van der Waals surface area contributed by atoms with Crippen molar-refractivity contribution >= 4 is 86.9 Å². The molecule has 0 bridgehead atoms. The Morgan fingerprint density at radius 3 is 2.22 bits per heavy atom. The Bertz CT molecular complexity index is 1400. The van der Waals surface area contributed by atoms with Gasteiger partial charge in [-0.15, -0.1) is 23.2 Å². The molecule has 1 aliphatic carbocycles. The van der Waals surface area contributed by atoms with Crippen LogP contribution in [-0.4, -0.2) is 23.2 Å². The van der Waals surface area contributed by atoms with E-state index < -0.39 is 28.0 Å². The van der Waals surface area contributed by atoms with Crippen LogP contribution in [0.3, 0.4) is 0 Å². The number of nitrogens with one attached hydrogen (secondary N) is 3. The summed E-state index contributed by atoms with van der Waals surface area (Å²) < 4.78 is -1.35. The normalized spacial score (nSPS) is 17.6. The lowest BCUT2D eigenvalue weighted by Gasteiger charge is -2.12. The number of nitrogens with zero attached hydrogens (tertiary/aromatic N) is 1. The zero-order valence-electron chi connectivity index (χ0n) is 18.5. The van der Waals surface area contributed by atoms with Crippen molar-refractivity contribution in [2.45, 2.75) is 10.3 Å².